The minimum absolute atomic E-state index is 0.00210. The number of anilines is 1. The van der Waals surface area contributed by atoms with Crippen LogP contribution < -0.4 is 4.90 Å². The maximum Gasteiger partial charge on any atom is 0.292 e. The fraction of sp³-hybridized carbons (Fsp3) is 0.400. The summed E-state index contributed by atoms with van der Waals surface area (Å²) in [5.74, 6) is -1.16. The van der Waals surface area contributed by atoms with Gasteiger partial charge in [-0.15, -0.1) is 0 Å². The number of nitro groups is 1. The summed E-state index contributed by atoms with van der Waals surface area (Å²) in [7, 11) is 0. The van der Waals surface area contributed by atoms with Crippen LogP contribution >= 0.6 is 0 Å². The highest BCUT2D eigenvalue weighted by molar-refractivity contribution is 5.64. The standard InChI is InChI=1S/C20H23F2N3O3/c1-2-18(16-5-4-15(21)12-17(16)22)23-7-9-24(10-8-23)20-11-14(13-26)3-6-19(20)25(27)28/h3-6,11-12,18,26H,2,7-10,13H2,1H3. The first kappa shape index (κ1) is 20.2. The average molecular weight is 391 g/mol. The number of aliphatic hydroxyl groups excluding tert-OH is 1. The van der Waals surface area contributed by atoms with Gasteiger partial charge in [0.25, 0.3) is 5.69 Å². The summed E-state index contributed by atoms with van der Waals surface area (Å²) in [6.07, 6.45) is 0.669. The predicted octanol–water partition coefficient (Wildman–Crippen LogP) is 3.64. The molecule has 0 radical (unpaired) electrons. The number of benzene rings is 2. The molecule has 0 spiro atoms. The van der Waals surface area contributed by atoms with Gasteiger partial charge in [-0.25, -0.2) is 8.78 Å². The lowest BCUT2D eigenvalue weighted by Gasteiger charge is -2.40. The van der Waals surface area contributed by atoms with Crippen molar-refractivity contribution in [2.75, 3.05) is 31.1 Å². The average Bonchev–Trinajstić information content (AvgIpc) is 2.70. The van der Waals surface area contributed by atoms with Gasteiger partial charge in [0.1, 0.15) is 17.3 Å². The monoisotopic (exact) mass is 391 g/mol. The summed E-state index contributed by atoms with van der Waals surface area (Å²) in [6.45, 7) is 4.03. The van der Waals surface area contributed by atoms with Crippen LogP contribution in [0.5, 0.6) is 0 Å². The van der Waals surface area contributed by atoms with Crippen LogP contribution in [-0.4, -0.2) is 41.1 Å². The van der Waals surface area contributed by atoms with Crippen LogP contribution in [0.25, 0.3) is 0 Å². The maximum atomic E-state index is 14.2. The van der Waals surface area contributed by atoms with Crippen LogP contribution in [0.4, 0.5) is 20.2 Å². The summed E-state index contributed by atoms with van der Waals surface area (Å²) in [5.41, 5.74) is 1.56. The number of aliphatic hydroxyl groups is 1. The lowest BCUT2D eigenvalue weighted by atomic mass is 10.0. The first-order valence-corrected chi connectivity index (χ1v) is 9.26. The smallest absolute Gasteiger partial charge is 0.292 e. The minimum atomic E-state index is -0.600. The lowest BCUT2D eigenvalue weighted by molar-refractivity contribution is -0.384. The van der Waals surface area contributed by atoms with Crippen LogP contribution in [0.1, 0.15) is 30.5 Å². The molecule has 1 N–H and O–H groups in total. The number of rotatable bonds is 6. The Morgan fingerprint density at radius 1 is 1.14 bits per heavy atom. The van der Waals surface area contributed by atoms with Crippen LogP contribution in [0.3, 0.4) is 0 Å². The van der Waals surface area contributed by atoms with E-state index >= 15 is 0 Å². The van der Waals surface area contributed by atoms with Crippen LogP contribution in [0.15, 0.2) is 36.4 Å². The number of hydrogen-bond donors (Lipinski definition) is 1. The second kappa shape index (κ2) is 8.62. The maximum absolute atomic E-state index is 14.2. The third-order valence-corrected chi connectivity index (χ3v) is 5.22. The SMILES string of the molecule is CCC(c1ccc(F)cc1F)N1CCN(c2cc(CO)ccc2[N+](=O)[O-])CC1. The molecular weight excluding hydrogens is 368 g/mol. The minimum Gasteiger partial charge on any atom is -0.392 e. The predicted molar refractivity (Wildman–Crippen MR) is 102 cm³/mol. The van der Waals surface area contributed by atoms with E-state index in [1.807, 2.05) is 11.8 Å². The Hall–Kier alpha value is -2.58. The molecule has 1 aliphatic rings. The van der Waals surface area contributed by atoms with E-state index in [1.165, 1.54) is 18.2 Å². The zero-order chi connectivity index (χ0) is 20.3. The van der Waals surface area contributed by atoms with Gasteiger partial charge in [0.2, 0.25) is 0 Å². The van der Waals surface area contributed by atoms with Crippen LogP contribution in [-0.2, 0) is 6.61 Å². The molecule has 1 aliphatic heterocycles. The van der Waals surface area contributed by atoms with Crippen molar-refractivity contribution in [1.29, 1.82) is 0 Å². The zero-order valence-corrected chi connectivity index (χ0v) is 15.6. The highest BCUT2D eigenvalue weighted by Gasteiger charge is 2.28. The van der Waals surface area contributed by atoms with Gasteiger partial charge in [-0.2, -0.15) is 0 Å². The summed E-state index contributed by atoms with van der Waals surface area (Å²) in [6, 6.07) is 8.07. The summed E-state index contributed by atoms with van der Waals surface area (Å²) in [5, 5.41) is 20.7. The van der Waals surface area contributed by atoms with Crippen molar-refractivity contribution in [2.45, 2.75) is 26.0 Å². The molecule has 2 aromatic carbocycles. The molecule has 28 heavy (non-hydrogen) atoms. The van der Waals surface area contributed by atoms with Crippen molar-refractivity contribution in [2.24, 2.45) is 0 Å². The van der Waals surface area contributed by atoms with Gasteiger partial charge in [0, 0.05) is 49.9 Å². The summed E-state index contributed by atoms with van der Waals surface area (Å²) < 4.78 is 27.5. The zero-order valence-electron chi connectivity index (χ0n) is 15.6. The Labute approximate surface area is 162 Å². The largest absolute Gasteiger partial charge is 0.392 e. The van der Waals surface area contributed by atoms with Crippen LogP contribution in [0.2, 0.25) is 0 Å². The van der Waals surface area contributed by atoms with Gasteiger partial charge < -0.3 is 10.0 Å². The van der Waals surface area contributed by atoms with E-state index in [1.54, 1.807) is 12.1 Å². The molecule has 0 aliphatic carbocycles. The third kappa shape index (κ3) is 4.13. The Kier molecular flexibility index (Phi) is 6.21. The number of nitrogens with zero attached hydrogens (tertiary/aromatic N) is 3. The molecule has 6 nitrogen and oxygen atoms in total. The molecule has 0 aromatic heterocycles. The highest BCUT2D eigenvalue weighted by atomic mass is 19.1. The molecule has 0 amide bonds. The fourth-order valence-electron chi connectivity index (χ4n) is 3.80. The Bertz CT molecular complexity index is 855. The fourth-order valence-corrected chi connectivity index (χ4v) is 3.80. The second-order valence-corrected chi connectivity index (χ2v) is 6.85. The quantitative estimate of drug-likeness (QED) is 0.601. The molecule has 1 fully saturated rings. The molecule has 1 saturated heterocycles. The Morgan fingerprint density at radius 2 is 1.86 bits per heavy atom. The van der Waals surface area contributed by atoms with Crippen molar-refractivity contribution in [3.63, 3.8) is 0 Å². The van der Waals surface area contributed by atoms with E-state index in [2.05, 4.69) is 4.90 Å². The van der Waals surface area contributed by atoms with E-state index in [0.717, 1.165) is 6.07 Å². The van der Waals surface area contributed by atoms with Crippen molar-refractivity contribution >= 4 is 11.4 Å². The van der Waals surface area contributed by atoms with E-state index in [0.29, 0.717) is 49.4 Å². The van der Waals surface area contributed by atoms with Gasteiger partial charge in [-0.3, -0.25) is 15.0 Å². The van der Waals surface area contributed by atoms with Crippen molar-refractivity contribution < 1.29 is 18.8 Å². The molecule has 1 unspecified atom stereocenters. The van der Waals surface area contributed by atoms with Gasteiger partial charge in [0.15, 0.2) is 0 Å². The summed E-state index contributed by atoms with van der Waals surface area (Å²) in [4.78, 5) is 15.0. The van der Waals surface area contributed by atoms with E-state index < -0.39 is 16.6 Å². The van der Waals surface area contributed by atoms with E-state index in [9.17, 15) is 24.0 Å². The van der Waals surface area contributed by atoms with Crippen molar-refractivity contribution in [3.8, 4) is 0 Å². The number of piperazine rings is 1. The molecule has 8 heteroatoms. The first-order chi connectivity index (χ1) is 13.4. The van der Waals surface area contributed by atoms with Crippen molar-refractivity contribution in [3.05, 3.63) is 69.3 Å². The number of halogens is 2. The second-order valence-electron chi connectivity index (χ2n) is 6.85. The Balaban J connectivity index is 1.78. The van der Waals surface area contributed by atoms with E-state index in [-0.39, 0.29) is 18.3 Å². The molecular formula is C20H23F2N3O3. The first-order valence-electron chi connectivity index (χ1n) is 9.26. The Morgan fingerprint density at radius 3 is 2.43 bits per heavy atom. The van der Waals surface area contributed by atoms with Crippen molar-refractivity contribution in [1.82, 2.24) is 4.90 Å². The molecule has 150 valence electrons. The number of hydrogen-bond acceptors (Lipinski definition) is 5. The summed E-state index contributed by atoms with van der Waals surface area (Å²) >= 11 is 0. The van der Waals surface area contributed by atoms with Gasteiger partial charge >= 0.3 is 0 Å². The highest BCUT2D eigenvalue weighted by Crippen LogP contribution is 2.33. The molecule has 0 saturated carbocycles. The molecule has 2 aromatic rings. The molecule has 1 heterocycles. The molecule has 1 atom stereocenters. The van der Waals surface area contributed by atoms with Gasteiger partial charge in [0.05, 0.1) is 11.5 Å². The topological polar surface area (TPSA) is 69.8 Å². The van der Waals surface area contributed by atoms with E-state index in [4.69, 9.17) is 0 Å². The molecule has 3 rings (SSSR count). The van der Waals surface area contributed by atoms with Gasteiger partial charge in [-0.1, -0.05) is 13.0 Å². The van der Waals surface area contributed by atoms with Gasteiger partial charge in [-0.05, 0) is 30.2 Å². The molecule has 0 bridgehead atoms. The third-order valence-electron chi connectivity index (χ3n) is 5.22. The number of nitro benzene ring substituents is 1. The lowest BCUT2D eigenvalue weighted by Crippen LogP contribution is -2.48. The normalized spacial score (nSPS) is 16.2. The van der Waals surface area contributed by atoms with Crippen LogP contribution in [0, 0.1) is 21.7 Å².